The van der Waals surface area contributed by atoms with Crippen LogP contribution >= 0.6 is 0 Å². The molecule has 59 valence electrons. The van der Waals surface area contributed by atoms with Crippen LogP contribution in [0, 0.1) is 0 Å². The SMILES string of the molecule is O=[C]c1cccc2c1OC=CC2. The Morgan fingerprint density at radius 2 is 2.33 bits per heavy atom. The lowest BCUT2D eigenvalue weighted by atomic mass is 10.1. The summed E-state index contributed by atoms with van der Waals surface area (Å²) in [5, 5.41) is 0. The smallest absolute Gasteiger partial charge is 0.237 e. The van der Waals surface area contributed by atoms with E-state index >= 15 is 0 Å². The van der Waals surface area contributed by atoms with Crippen molar-refractivity contribution in [3.8, 4) is 5.75 Å². The van der Waals surface area contributed by atoms with Gasteiger partial charge in [0.1, 0.15) is 5.75 Å². The molecule has 2 heteroatoms. The molecule has 1 aromatic rings. The Morgan fingerprint density at radius 1 is 1.42 bits per heavy atom. The summed E-state index contributed by atoms with van der Waals surface area (Å²) in [5.41, 5.74) is 1.54. The van der Waals surface area contributed by atoms with Crippen LogP contribution in [0.3, 0.4) is 0 Å². The fourth-order valence-electron chi connectivity index (χ4n) is 1.26. The number of ether oxygens (including phenoxy) is 1. The maximum absolute atomic E-state index is 10.4. The predicted molar refractivity (Wildman–Crippen MR) is 44.7 cm³/mol. The molecule has 1 aliphatic rings. The fourth-order valence-corrected chi connectivity index (χ4v) is 1.26. The molecule has 1 aliphatic heterocycles. The summed E-state index contributed by atoms with van der Waals surface area (Å²) >= 11 is 0. The van der Waals surface area contributed by atoms with Crippen molar-refractivity contribution in [2.75, 3.05) is 0 Å². The number of para-hydroxylation sites is 1. The summed E-state index contributed by atoms with van der Waals surface area (Å²) < 4.78 is 5.20. The van der Waals surface area contributed by atoms with Gasteiger partial charge in [0.05, 0.1) is 11.8 Å². The van der Waals surface area contributed by atoms with Crippen molar-refractivity contribution in [2.24, 2.45) is 0 Å². The first-order valence-electron chi connectivity index (χ1n) is 3.73. The van der Waals surface area contributed by atoms with E-state index in [1.807, 2.05) is 24.5 Å². The van der Waals surface area contributed by atoms with Crippen molar-refractivity contribution in [3.63, 3.8) is 0 Å². The van der Waals surface area contributed by atoms with Gasteiger partial charge in [0.25, 0.3) is 0 Å². The van der Waals surface area contributed by atoms with Crippen molar-refractivity contribution in [3.05, 3.63) is 41.7 Å². The summed E-state index contributed by atoms with van der Waals surface area (Å²) in [6.07, 6.45) is 6.18. The Hall–Kier alpha value is -1.57. The van der Waals surface area contributed by atoms with E-state index in [0.29, 0.717) is 11.3 Å². The number of allylic oxidation sites excluding steroid dienone is 1. The molecule has 0 spiro atoms. The predicted octanol–water partition coefficient (Wildman–Crippen LogP) is 1.59. The number of fused-ring (bicyclic) bond motifs is 1. The average molecular weight is 159 g/mol. The van der Waals surface area contributed by atoms with E-state index in [1.165, 1.54) is 0 Å². The van der Waals surface area contributed by atoms with Crippen molar-refractivity contribution < 1.29 is 9.53 Å². The van der Waals surface area contributed by atoms with Gasteiger partial charge in [0.15, 0.2) is 0 Å². The number of rotatable bonds is 1. The summed E-state index contributed by atoms with van der Waals surface area (Å²) in [5.74, 6) is 0.648. The standard InChI is InChI=1S/C10H7O2/c11-7-9-4-1-3-8-5-2-6-12-10(8)9/h1-4,6H,5H2. The Labute approximate surface area is 70.5 Å². The van der Waals surface area contributed by atoms with E-state index in [1.54, 1.807) is 12.3 Å². The minimum absolute atomic E-state index is 0.497. The van der Waals surface area contributed by atoms with Crippen molar-refractivity contribution in [1.29, 1.82) is 0 Å². The van der Waals surface area contributed by atoms with Gasteiger partial charge in [-0.3, -0.25) is 4.79 Å². The summed E-state index contributed by atoms with van der Waals surface area (Å²) in [6, 6.07) is 5.48. The highest BCUT2D eigenvalue weighted by molar-refractivity contribution is 5.80. The number of hydrogen-bond acceptors (Lipinski definition) is 2. The first kappa shape index (κ1) is 7.10. The van der Waals surface area contributed by atoms with E-state index in [4.69, 9.17) is 4.74 Å². The first-order valence-corrected chi connectivity index (χ1v) is 3.73. The molecule has 0 saturated heterocycles. The summed E-state index contributed by atoms with van der Waals surface area (Å²) in [7, 11) is 0. The molecule has 12 heavy (non-hydrogen) atoms. The molecular formula is C10H7O2. The van der Waals surface area contributed by atoms with Crippen LogP contribution in [0.1, 0.15) is 11.1 Å². The van der Waals surface area contributed by atoms with Crippen molar-refractivity contribution >= 4 is 6.29 Å². The number of hydrogen-bond donors (Lipinski definition) is 0. The van der Waals surface area contributed by atoms with Gasteiger partial charge in [-0.1, -0.05) is 12.1 Å². The highest BCUT2D eigenvalue weighted by Crippen LogP contribution is 2.26. The van der Waals surface area contributed by atoms with Gasteiger partial charge < -0.3 is 4.74 Å². The number of benzene rings is 1. The van der Waals surface area contributed by atoms with E-state index in [2.05, 4.69) is 0 Å². The second-order valence-electron chi connectivity index (χ2n) is 2.59. The molecule has 2 rings (SSSR count). The molecule has 0 amide bonds. The minimum Gasteiger partial charge on any atom is -0.464 e. The highest BCUT2D eigenvalue weighted by atomic mass is 16.5. The third-order valence-corrected chi connectivity index (χ3v) is 1.83. The van der Waals surface area contributed by atoms with Crippen LogP contribution in [0.25, 0.3) is 0 Å². The van der Waals surface area contributed by atoms with Gasteiger partial charge in [-0.2, -0.15) is 0 Å². The summed E-state index contributed by atoms with van der Waals surface area (Å²) in [4.78, 5) is 10.4. The van der Waals surface area contributed by atoms with Crippen LogP contribution < -0.4 is 4.74 Å². The third kappa shape index (κ3) is 1.01. The topological polar surface area (TPSA) is 26.3 Å². The lowest BCUT2D eigenvalue weighted by Gasteiger charge is -2.12. The molecule has 0 unspecified atom stereocenters. The molecule has 1 heterocycles. The van der Waals surface area contributed by atoms with E-state index in [-0.39, 0.29) is 0 Å². The van der Waals surface area contributed by atoms with Gasteiger partial charge in [0, 0.05) is 0 Å². The van der Waals surface area contributed by atoms with Gasteiger partial charge in [0.2, 0.25) is 6.29 Å². The average Bonchev–Trinajstić information content (AvgIpc) is 2.17. The van der Waals surface area contributed by atoms with Gasteiger partial charge in [-0.25, -0.2) is 0 Å². The Balaban J connectivity index is 2.55. The molecule has 0 saturated carbocycles. The zero-order chi connectivity index (χ0) is 8.39. The van der Waals surface area contributed by atoms with Crippen LogP contribution in [0.5, 0.6) is 5.75 Å². The second kappa shape index (κ2) is 2.81. The zero-order valence-electron chi connectivity index (χ0n) is 6.41. The molecule has 2 nitrogen and oxygen atoms in total. The van der Waals surface area contributed by atoms with E-state index in [9.17, 15) is 4.79 Å². The van der Waals surface area contributed by atoms with Crippen molar-refractivity contribution in [2.45, 2.75) is 6.42 Å². The van der Waals surface area contributed by atoms with Crippen LogP contribution in [0.15, 0.2) is 30.5 Å². The van der Waals surface area contributed by atoms with Crippen LogP contribution in [0.2, 0.25) is 0 Å². The maximum Gasteiger partial charge on any atom is 0.237 e. The molecule has 1 aromatic carbocycles. The minimum atomic E-state index is 0.497. The monoisotopic (exact) mass is 159 g/mol. The zero-order valence-corrected chi connectivity index (χ0v) is 6.41. The normalized spacial score (nSPS) is 13.3. The van der Waals surface area contributed by atoms with E-state index in [0.717, 1.165) is 12.0 Å². The molecule has 0 aromatic heterocycles. The number of carbonyl (C=O) groups excluding carboxylic acids is 1. The lowest BCUT2D eigenvalue weighted by Crippen LogP contribution is -1.99. The fraction of sp³-hybridized carbons (Fsp3) is 0.100. The molecule has 0 N–H and O–H groups in total. The van der Waals surface area contributed by atoms with Crippen LogP contribution in [-0.4, -0.2) is 6.29 Å². The summed E-state index contributed by atoms with van der Waals surface area (Å²) in [6.45, 7) is 0. The Morgan fingerprint density at radius 3 is 3.17 bits per heavy atom. The molecule has 0 fully saturated rings. The van der Waals surface area contributed by atoms with Crippen LogP contribution in [0.4, 0.5) is 0 Å². The molecule has 0 aliphatic carbocycles. The maximum atomic E-state index is 10.4. The molecule has 1 radical (unpaired) electrons. The lowest BCUT2D eigenvalue weighted by molar-refractivity contribution is 0.462. The Bertz CT molecular complexity index is 340. The first-order chi connectivity index (χ1) is 5.92. The largest absolute Gasteiger partial charge is 0.464 e. The highest BCUT2D eigenvalue weighted by Gasteiger charge is 2.10. The Kier molecular flexibility index (Phi) is 1.67. The third-order valence-electron chi connectivity index (χ3n) is 1.83. The van der Waals surface area contributed by atoms with E-state index < -0.39 is 0 Å². The molecule has 0 atom stereocenters. The van der Waals surface area contributed by atoms with Gasteiger partial charge in [-0.15, -0.1) is 0 Å². The van der Waals surface area contributed by atoms with Gasteiger partial charge in [-0.05, 0) is 24.1 Å². The quantitative estimate of drug-likeness (QED) is 0.622. The van der Waals surface area contributed by atoms with Crippen molar-refractivity contribution in [1.82, 2.24) is 0 Å². The molecule has 0 bridgehead atoms. The molecular weight excluding hydrogens is 152 g/mol. The second-order valence-corrected chi connectivity index (χ2v) is 2.59. The van der Waals surface area contributed by atoms with Gasteiger partial charge >= 0.3 is 0 Å². The van der Waals surface area contributed by atoms with Crippen LogP contribution in [-0.2, 0) is 11.2 Å².